The van der Waals surface area contributed by atoms with Crippen LogP contribution in [0.1, 0.15) is 136 Å². The summed E-state index contributed by atoms with van der Waals surface area (Å²) in [5.41, 5.74) is 0. The zero-order chi connectivity index (χ0) is 45.1. The third-order valence-electron chi connectivity index (χ3n) is 8.75. The van der Waals surface area contributed by atoms with Gasteiger partial charge in [-0.2, -0.15) is 0 Å². The van der Waals surface area contributed by atoms with Gasteiger partial charge in [0.25, 0.3) is 7.82 Å². The number of phosphoric acid groups is 1. The molecule has 0 aromatic carbocycles. The minimum absolute atomic E-state index is 0.0787. The zero-order valence-electron chi connectivity index (χ0n) is 38.3. The Hall–Kier alpha value is -3.66. The van der Waals surface area contributed by atoms with Gasteiger partial charge in [0.05, 0.1) is 27.7 Å². The Balaban J connectivity index is 4.62. The highest BCUT2D eigenvalue weighted by molar-refractivity contribution is 7.45. The fourth-order valence-electron chi connectivity index (χ4n) is 5.22. The molecular weight excluding hydrogens is 790 g/mol. The van der Waals surface area contributed by atoms with E-state index in [4.69, 9.17) is 18.5 Å². The van der Waals surface area contributed by atoms with E-state index in [9.17, 15) is 23.8 Å². The molecular formula is C50H80NO9P. The Morgan fingerprint density at radius 1 is 0.574 bits per heavy atom. The summed E-state index contributed by atoms with van der Waals surface area (Å²) < 4.78 is 33.6. The number of esters is 2. The molecule has 0 heterocycles. The Labute approximate surface area is 370 Å². The minimum Gasteiger partial charge on any atom is -0.756 e. The van der Waals surface area contributed by atoms with Crippen molar-refractivity contribution in [1.82, 2.24) is 0 Å². The third-order valence-corrected chi connectivity index (χ3v) is 9.72. The largest absolute Gasteiger partial charge is 0.756 e. The van der Waals surface area contributed by atoms with Crippen LogP contribution < -0.4 is 4.89 Å². The van der Waals surface area contributed by atoms with Gasteiger partial charge in [-0.05, 0) is 89.5 Å². The molecule has 0 aromatic rings. The van der Waals surface area contributed by atoms with E-state index in [1.807, 2.05) is 33.3 Å². The second-order valence-corrected chi connectivity index (χ2v) is 17.1. The first kappa shape index (κ1) is 57.3. The number of allylic oxidation sites excluding steroid dienone is 18. The molecule has 0 spiro atoms. The molecule has 11 heteroatoms. The highest BCUT2D eigenvalue weighted by Crippen LogP contribution is 2.38. The van der Waals surface area contributed by atoms with Crippen LogP contribution >= 0.6 is 7.82 Å². The van der Waals surface area contributed by atoms with Gasteiger partial charge in [-0.15, -0.1) is 0 Å². The Morgan fingerprint density at radius 2 is 1.10 bits per heavy atom. The summed E-state index contributed by atoms with van der Waals surface area (Å²) in [6.07, 6.45) is 51.2. The van der Waals surface area contributed by atoms with Crippen molar-refractivity contribution in [3.8, 4) is 0 Å². The highest BCUT2D eigenvalue weighted by atomic mass is 31.2. The molecule has 1 unspecified atom stereocenters. The quantitative estimate of drug-likeness (QED) is 0.0113. The number of hydrogen-bond donors (Lipinski definition) is 0. The van der Waals surface area contributed by atoms with E-state index in [1.54, 1.807) is 6.08 Å². The number of likely N-dealkylation sites (N-methyl/N-ethyl adjacent to an activating group) is 1. The standard InChI is InChI=1S/C50H80NO9P/c1-6-8-10-12-14-16-18-20-21-22-23-24-25-27-29-31-33-35-37-41-49(53)57-45-48(46-59-61(55,56)58-44-43-51(3,4)5)60-50(54)42-38-40-47(52)39-36-34-32-30-28-26-19-17-15-13-11-9-7-2/h8,10,14-17,20-21,23-24,26-29,32,34,36,39,48H,6-7,9,11-13,18-19,22,25,30-31,33,35,37-38,40-46H2,1-5H3/b10-8-,16-14-,17-15-,21-20-,24-23-,28-26-,29-27-,34-32-,39-36+/t48-/m1/s1. The van der Waals surface area contributed by atoms with Gasteiger partial charge in [0.2, 0.25) is 0 Å². The molecule has 0 aromatic heterocycles. The van der Waals surface area contributed by atoms with Crippen LogP contribution in [0.15, 0.2) is 109 Å². The second-order valence-electron chi connectivity index (χ2n) is 15.7. The summed E-state index contributed by atoms with van der Waals surface area (Å²) in [4.78, 5) is 49.9. The van der Waals surface area contributed by atoms with Crippen LogP contribution in [-0.2, 0) is 37.5 Å². The lowest BCUT2D eigenvalue weighted by Crippen LogP contribution is -2.37. The molecule has 0 saturated carbocycles. The molecule has 0 radical (unpaired) electrons. The molecule has 61 heavy (non-hydrogen) atoms. The maximum atomic E-state index is 12.7. The highest BCUT2D eigenvalue weighted by Gasteiger charge is 2.22. The van der Waals surface area contributed by atoms with Crippen LogP contribution in [0.3, 0.4) is 0 Å². The number of unbranched alkanes of at least 4 members (excludes halogenated alkanes) is 6. The third kappa shape index (κ3) is 44.2. The van der Waals surface area contributed by atoms with Gasteiger partial charge in [-0.25, -0.2) is 0 Å². The number of carbonyl (C=O) groups excluding carboxylic acids is 3. The van der Waals surface area contributed by atoms with Crippen LogP contribution in [0.25, 0.3) is 0 Å². The molecule has 0 bridgehead atoms. The first-order valence-electron chi connectivity index (χ1n) is 22.5. The molecule has 0 aliphatic carbocycles. The monoisotopic (exact) mass is 870 g/mol. The maximum absolute atomic E-state index is 12.7. The van der Waals surface area contributed by atoms with E-state index in [0.717, 1.165) is 70.6 Å². The first-order chi connectivity index (χ1) is 29.4. The molecule has 0 fully saturated rings. The molecule has 10 nitrogen and oxygen atoms in total. The van der Waals surface area contributed by atoms with Crippen LogP contribution in [0, 0.1) is 0 Å². The van der Waals surface area contributed by atoms with Crippen LogP contribution in [-0.4, -0.2) is 75.8 Å². The topological polar surface area (TPSA) is 128 Å². The van der Waals surface area contributed by atoms with E-state index in [-0.39, 0.29) is 44.7 Å². The van der Waals surface area contributed by atoms with Crippen molar-refractivity contribution in [3.63, 3.8) is 0 Å². The van der Waals surface area contributed by atoms with Gasteiger partial charge in [0.15, 0.2) is 11.9 Å². The lowest BCUT2D eigenvalue weighted by molar-refractivity contribution is -0.870. The van der Waals surface area contributed by atoms with Crippen molar-refractivity contribution < 1.29 is 46.8 Å². The molecule has 2 atom stereocenters. The van der Waals surface area contributed by atoms with Gasteiger partial charge >= 0.3 is 11.9 Å². The normalized spacial score (nSPS) is 14.5. The number of quaternary nitrogens is 1. The molecule has 0 saturated heterocycles. The first-order valence-corrected chi connectivity index (χ1v) is 24.0. The van der Waals surface area contributed by atoms with Crippen LogP contribution in [0.4, 0.5) is 0 Å². The number of ether oxygens (including phenoxy) is 2. The van der Waals surface area contributed by atoms with Gasteiger partial charge in [0.1, 0.15) is 19.8 Å². The molecule has 0 amide bonds. The van der Waals surface area contributed by atoms with Crippen molar-refractivity contribution in [2.45, 2.75) is 142 Å². The summed E-state index contributed by atoms with van der Waals surface area (Å²) in [6.45, 7) is 3.73. The van der Waals surface area contributed by atoms with Crippen LogP contribution in [0.5, 0.6) is 0 Å². The zero-order valence-corrected chi connectivity index (χ0v) is 39.2. The average molecular weight is 870 g/mol. The average Bonchev–Trinajstić information content (AvgIpc) is 3.21. The lowest BCUT2D eigenvalue weighted by atomic mass is 10.1. The second kappa shape index (κ2) is 40.4. The number of hydrogen-bond acceptors (Lipinski definition) is 9. The maximum Gasteiger partial charge on any atom is 0.306 e. The van der Waals surface area contributed by atoms with E-state index in [0.29, 0.717) is 17.4 Å². The summed E-state index contributed by atoms with van der Waals surface area (Å²) in [5, 5.41) is 0. The van der Waals surface area contributed by atoms with E-state index in [2.05, 4.69) is 98.9 Å². The summed E-state index contributed by atoms with van der Waals surface area (Å²) in [5.74, 6) is -1.27. The Bertz CT molecular complexity index is 1460. The summed E-state index contributed by atoms with van der Waals surface area (Å²) in [7, 11) is 0.979. The fourth-order valence-corrected chi connectivity index (χ4v) is 5.95. The van der Waals surface area contributed by atoms with Crippen molar-refractivity contribution in [3.05, 3.63) is 109 Å². The number of phosphoric ester groups is 1. The molecule has 0 aliphatic rings. The van der Waals surface area contributed by atoms with Crippen molar-refractivity contribution in [2.24, 2.45) is 0 Å². The Kier molecular flexibility index (Phi) is 38.0. The fraction of sp³-hybridized carbons (Fsp3) is 0.580. The van der Waals surface area contributed by atoms with Crippen molar-refractivity contribution in [1.29, 1.82) is 0 Å². The minimum atomic E-state index is -4.71. The molecule has 344 valence electrons. The number of ketones is 1. The van der Waals surface area contributed by atoms with E-state index in [1.165, 1.54) is 25.3 Å². The molecule has 0 N–H and O–H groups in total. The van der Waals surface area contributed by atoms with Crippen molar-refractivity contribution in [2.75, 3.05) is 47.5 Å². The van der Waals surface area contributed by atoms with E-state index < -0.39 is 32.5 Å². The molecule has 0 rings (SSSR count). The van der Waals surface area contributed by atoms with Gasteiger partial charge in [0, 0.05) is 19.3 Å². The predicted octanol–water partition coefficient (Wildman–Crippen LogP) is 11.7. The lowest BCUT2D eigenvalue weighted by Gasteiger charge is -2.28. The number of rotatable bonds is 39. The number of carbonyl (C=O) groups is 3. The van der Waals surface area contributed by atoms with E-state index >= 15 is 0 Å². The smallest absolute Gasteiger partial charge is 0.306 e. The number of nitrogens with zero attached hydrogens (tertiary/aromatic N) is 1. The van der Waals surface area contributed by atoms with Gasteiger partial charge in [-0.3, -0.25) is 18.9 Å². The SMILES string of the molecule is CC/C=C\C/C=C\C/C=C\C/C=C\C/C=C\CCCCCC(=O)OC[C@H](COP(=O)([O-])OCC[N+](C)(C)C)OC(=O)CCCC(=O)/C=C/C=C\C/C=C\C/C=C\CCCCC. The predicted molar refractivity (Wildman–Crippen MR) is 250 cm³/mol. The Morgan fingerprint density at radius 3 is 1.66 bits per heavy atom. The summed E-state index contributed by atoms with van der Waals surface area (Å²) >= 11 is 0. The van der Waals surface area contributed by atoms with Gasteiger partial charge < -0.3 is 27.9 Å². The van der Waals surface area contributed by atoms with Crippen LogP contribution in [0.2, 0.25) is 0 Å². The van der Waals surface area contributed by atoms with Gasteiger partial charge in [-0.1, -0.05) is 136 Å². The van der Waals surface area contributed by atoms with Crippen molar-refractivity contribution >= 4 is 25.5 Å². The summed E-state index contributed by atoms with van der Waals surface area (Å²) in [6, 6.07) is 0. The molecule has 0 aliphatic heterocycles.